The van der Waals surface area contributed by atoms with Crippen molar-refractivity contribution in [2.24, 2.45) is 44.3 Å². The number of fused-ring (bicyclic) bond motifs is 1. The molecule has 230 valence electrons. The Morgan fingerprint density at radius 3 is 2.27 bits per heavy atom. The summed E-state index contributed by atoms with van der Waals surface area (Å²) in [6, 6.07) is 2.30. The van der Waals surface area contributed by atoms with Gasteiger partial charge >= 0.3 is 5.97 Å². The van der Waals surface area contributed by atoms with Gasteiger partial charge in [0.1, 0.15) is 5.76 Å². The van der Waals surface area contributed by atoms with Gasteiger partial charge in [0.25, 0.3) is 0 Å². The van der Waals surface area contributed by atoms with Gasteiger partial charge in [0.15, 0.2) is 5.78 Å². The lowest BCUT2D eigenvalue weighted by atomic mass is 9.41. The minimum absolute atomic E-state index is 0.0386. The van der Waals surface area contributed by atoms with Crippen molar-refractivity contribution >= 4 is 11.8 Å². The van der Waals surface area contributed by atoms with Crippen molar-refractivity contribution in [1.29, 1.82) is 5.26 Å². The summed E-state index contributed by atoms with van der Waals surface area (Å²) in [6.45, 7) is 22.2. The molecule has 0 radical (unpaired) electrons. The number of ketones is 1. The molecule has 1 unspecified atom stereocenters. The Bertz CT molecular complexity index is 1150. The highest BCUT2D eigenvalue weighted by atomic mass is 16.5. The fraction of sp³-hybridized carbons (Fsp3) is 0.806. The molecule has 2 fully saturated rings. The smallest absolute Gasteiger partial charge is 0.305 e. The molecule has 3 aliphatic carbocycles. The number of nitrogens with zero attached hydrogens (tertiary/aromatic N) is 1. The Hall–Kier alpha value is -2.09. The molecule has 2 saturated carbocycles. The SMILES string of the molecule is COC(=O)CC[C@]1(CCC(C)(C)[C@]2(C)CC[C@H]3C(C)(C)C(O)=C(C#N)C[C@]3(C)/C2=C/C(C)=O)CCC(C)(C)CC1C. The zero-order valence-corrected chi connectivity index (χ0v) is 27.9. The van der Waals surface area contributed by atoms with Crippen LogP contribution in [0.1, 0.15) is 133 Å². The van der Waals surface area contributed by atoms with Gasteiger partial charge in [-0.15, -0.1) is 0 Å². The molecule has 3 aliphatic rings. The van der Waals surface area contributed by atoms with E-state index in [-0.39, 0.29) is 39.7 Å². The highest BCUT2D eigenvalue weighted by Gasteiger charge is 2.61. The summed E-state index contributed by atoms with van der Waals surface area (Å²) in [5.74, 6) is 0.764. The zero-order chi connectivity index (χ0) is 31.2. The van der Waals surface area contributed by atoms with Crippen molar-refractivity contribution < 1.29 is 19.4 Å². The van der Waals surface area contributed by atoms with Crippen LogP contribution in [-0.2, 0) is 14.3 Å². The second kappa shape index (κ2) is 11.2. The molecule has 5 atom stereocenters. The Labute approximate surface area is 250 Å². The normalized spacial score (nSPS) is 35.9. The second-order valence-electron chi connectivity index (χ2n) is 16.4. The first-order valence-corrected chi connectivity index (χ1v) is 15.8. The number of nitriles is 1. The van der Waals surface area contributed by atoms with Gasteiger partial charge in [-0.05, 0) is 110 Å². The first kappa shape index (κ1) is 33.4. The molecule has 0 aliphatic heterocycles. The van der Waals surface area contributed by atoms with Crippen molar-refractivity contribution in [2.45, 2.75) is 133 Å². The summed E-state index contributed by atoms with van der Waals surface area (Å²) in [7, 11) is 1.48. The first-order chi connectivity index (χ1) is 18.7. The number of carbonyl (C=O) groups excluding carboxylic acids is 2. The van der Waals surface area contributed by atoms with E-state index in [0.717, 1.165) is 56.9 Å². The minimum atomic E-state index is -0.540. The zero-order valence-electron chi connectivity index (χ0n) is 27.9. The lowest BCUT2D eigenvalue weighted by Gasteiger charge is -2.62. The van der Waals surface area contributed by atoms with Gasteiger partial charge in [-0.3, -0.25) is 9.59 Å². The predicted octanol–water partition coefficient (Wildman–Crippen LogP) is 9.28. The molecule has 0 spiro atoms. The maximum Gasteiger partial charge on any atom is 0.305 e. The number of esters is 1. The lowest BCUT2D eigenvalue weighted by molar-refractivity contribution is -0.142. The van der Waals surface area contributed by atoms with Crippen LogP contribution in [0.15, 0.2) is 23.0 Å². The topological polar surface area (TPSA) is 87.4 Å². The van der Waals surface area contributed by atoms with E-state index < -0.39 is 10.8 Å². The maximum absolute atomic E-state index is 12.8. The van der Waals surface area contributed by atoms with Crippen molar-refractivity contribution in [3.05, 3.63) is 23.0 Å². The van der Waals surface area contributed by atoms with E-state index in [0.29, 0.717) is 29.7 Å². The van der Waals surface area contributed by atoms with Crippen LogP contribution in [0.3, 0.4) is 0 Å². The number of hydrogen-bond acceptors (Lipinski definition) is 5. The molecule has 0 aromatic heterocycles. The predicted molar refractivity (Wildman–Crippen MR) is 165 cm³/mol. The van der Waals surface area contributed by atoms with Gasteiger partial charge < -0.3 is 9.84 Å². The molecule has 5 heteroatoms. The third-order valence-electron chi connectivity index (χ3n) is 12.7. The van der Waals surface area contributed by atoms with E-state index in [1.54, 1.807) is 6.92 Å². The molecule has 0 aromatic carbocycles. The summed E-state index contributed by atoms with van der Waals surface area (Å²) in [5.41, 5.74) is 0.660. The Morgan fingerprint density at radius 1 is 1.10 bits per heavy atom. The van der Waals surface area contributed by atoms with Crippen LogP contribution in [0, 0.1) is 55.7 Å². The van der Waals surface area contributed by atoms with E-state index in [9.17, 15) is 20.0 Å². The van der Waals surface area contributed by atoms with Crippen LogP contribution >= 0.6 is 0 Å². The number of aliphatic hydroxyl groups excluding tert-OH is 1. The molecule has 0 saturated heterocycles. The number of rotatable bonds is 8. The maximum atomic E-state index is 12.8. The van der Waals surface area contributed by atoms with E-state index in [1.165, 1.54) is 7.11 Å². The van der Waals surface area contributed by atoms with Crippen LogP contribution in [0.5, 0.6) is 0 Å². The molecule has 41 heavy (non-hydrogen) atoms. The molecule has 0 aromatic rings. The number of ether oxygens (including phenoxy) is 1. The molecular weight excluding hydrogens is 510 g/mol. The van der Waals surface area contributed by atoms with Crippen molar-refractivity contribution in [3.8, 4) is 6.07 Å². The molecule has 1 N–H and O–H groups in total. The van der Waals surface area contributed by atoms with E-state index in [4.69, 9.17) is 4.74 Å². The fourth-order valence-corrected chi connectivity index (χ4v) is 9.55. The summed E-state index contributed by atoms with van der Waals surface area (Å²) in [6.07, 6.45) is 11.0. The largest absolute Gasteiger partial charge is 0.511 e. The summed E-state index contributed by atoms with van der Waals surface area (Å²) in [4.78, 5) is 25.1. The van der Waals surface area contributed by atoms with Gasteiger partial charge in [0.05, 0.1) is 18.8 Å². The molecule has 0 amide bonds. The summed E-state index contributed by atoms with van der Waals surface area (Å²) >= 11 is 0. The monoisotopic (exact) mass is 567 g/mol. The number of methoxy groups -OCH3 is 1. The molecular formula is C36H57NO4. The van der Waals surface area contributed by atoms with Crippen molar-refractivity contribution in [2.75, 3.05) is 7.11 Å². The quantitative estimate of drug-likeness (QED) is 0.233. The minimum Gasteiger partial charge on any atom is -0.511 e. The van der Waals surface area contributed by atoms with Gasteiger partial charge in [-0.2, -0.15) is 5.26 Å². The highest BCUT2D eigenvalue weighted by molar-refractivity contribution is 5.88. The number of aliphatic hydroxyl groups is 1. The molecule has 5 nitrogen and oxygen atoms in total. The van der Waals surface area contributed by atoms with Crippen LogP contribution in [0.2, 0.25) is 0 Å². The van der Waals surface area contributed by atoms with Gasteiger partial charge in [-0.25, -0.2) is 0 Å². The van der Waals surface area contributed by atoms with Gasteiger partial charge in [0, 0.05) is 11.8 Å². The Kier molecular flexibility index (Phi) is 9.13. The van der Waals surface area contributed by atoms with Gasteiger partial charge in [-0.1, -0.05) is 67.9 Å². The van der Waals surface area contributed by atoms with Crippen LogP contribution in [0.4, 0.5) is 0 Å². The molecule has 0 bridgehead atoms. The van der Waals surface area contributed by atoms with Crippen LogP contribution in [0.25, 0.3) is 0 Å². The number of hydrogen-bond donors (Lipinski definition) is 1. The molecule has 3 rings (SSSR count). The van der Waals surface area contributed by atoms with E-state index in [2.05, 4.69) is 68.4 Å². The van der Waals surface area contributed by atoms with E-state index in [1.807, 2.05) is 6.08 Å². The fourth-order valence-electron chi connectivity index (χ4n) is 9.55. The van der Waals surface area contributed by atoms with E-state index >= 15 is 0 Å². The lowest BCUT2D eigenvalue weighted by Crippen LogP contribution is -2.55. The summed E-state index contributed by atoms with van der Waals surface area (Å²) in [5, 5.41) is 21.1. The average molecular weight is 568 g/mol. The van der Waals surface area contributed by atoms with Crippen LogP contribution < -0.4 is 0 Å². The second-order valence-corrected chi connectivity index (χ2v) is 16.4. The highest BCUT2D eigenvalue weighted by Crippen LogP contribution is 2.69. The third-order valence-corrected chi connectivity index (χ3v) is 12.7. The third kappa shape index (κ3) is 5.92. The van der Waals surface area contributed by atoms with Gasteiger partial charge in [0.2, 0.25) is 0 Å². The number of carbonyl (C=O) groups is 2. The Morgan fingerprint density at radius 2 is 1.73 bits per heavy atom. The molecule has 0 heterocycles. The average Bonchev–Trinajstić information content (AvgIpc) is 2.87. The van der Waals surface area contributed by atoms with Crippen molar-refractivity contribution in [3.63, 3.8) is 0 Å². The van der Waals surface area contributed by atoms with Crippen molar-refractivity contribution in [1.82, 2.24) is 0 Å². The first-order valence-electron chi connectivity index (χ1n) is 15.8. The standard InChI is InChI=1S/C36H57NO4/c1-24-21-31(3,4)16-18-36(24,15-13-29(39)41-11)19-17-32(5,6)35(10)14-12-27-33(7,8)30(40)26(23-37)22-34(27,9)28(35)20-25(2)38/h20,24,27,40H,12-19,21-22H2,1-11H3/b28-20-/t24?,27-,34-,35+,36+/m0/s1. The number of allylic oxidation sites excluding steroid dienone is 4. The Balaban J connectivity index is 2.02. The van der Waals surface area contributed by atoms with Crippen LogP contribution in [-0.4, -0.2) is 24.0 Å². The summed E-state index contributed by atoms with van der Waals surface area (Å²) < 4.78 is 5.05.